The molecule has 0 saturated carbocycles. The molecule has 3 N–H and O–H groups in total. The van der Waals surface area contributed by atoms with E-state index in [1.807, 2.05) is 6.92 Å². The summed E-state index contributed by atoms with van der Waals surface area (Å²) in [6.45, 7) is 1.91. The van der Waals surface area contributed by atoms with Crippen LogP contribution in [0, 0.1) is 11.8 Å². The van der Waals surface area contributed by atoms with Crippen LogP contribution in [0.25, 0.3) is 0 Å². The van der Waals surface area contributed by atoms with Crippen LogP contribution >= 0.6 is 0 Å². The van der Waals surface area contributed by atoms with Gasteiger partial charge in [-0.15, -0.1) is 0 Å². The van der Waals surface area contributed by atoms with Gasteiger partial charge in [0, 0.05) is 12.5 Å². The van der Waals surface area contributed by atoms with Crippen molar-refractivity contribution in [3.8, 4) is 11.8 Å². The van der Waals surface area contributed by atoms with Crippen molar-refractivity contribution in [2.75, 3.05) is 18.5 Å². The van der Waals surface area contributed by atoms with Crippen molar-refractivity contribution >= 4 is 11.8 Å². The number of amides is 1. The van der Waals surface area contributed by atoms with Crippen LogP contribution in [0.3, 0.4) is 0 Å². The van der Waals surface area contributed by atoms with Gasteiger partial charge in [0.1, 0.15) is 12.2 Å². The van der Waals surface area contributed by atoms with Gasteiger partial charge < -0.3 is 24.9 Å². The fourth-order valence-electron chi connectivity index (χ4n) is 1.92. The van der Waals surface area contributed by atoms with Gasteiger partial charge in [0.25, 0.3) is 5.91 Å². The Morgan fingerprint density at radius 2 is 2.19 bits per heavy atom. The molecular formula is C14H16N2O5. The molecule has 1 aliphatic heterocycles. The second-order valence-electron chi connectivity index (χ2n) is 4.28. The zero-order valence-corrected chi connectivity index (χ0v) is 11.6. The third-order valence-corrected chi connectivity index (χ3v) is 2.86. The van der Waals surface area contributed by atoms with Gasteiger partial charge in [0.05, 0.1) is 6.61 Å². The minimum absolute atomic E-state index is 0.0102. The molecule has 0 radical (unpaired) electrons. The van der Waals surface area contributed by atoms with Gasteiger partial charge in [-0.2, -0.15) is 0 Å². The molecule has 1 aromatic heterocycles. The number of aryl methyl sites for hydroxylation is 1. The second-order valence-corrected chi connectivity index (χ2v) is 4.28. The Labute approximate surface area is 121 Å². The van der Waals surface area contributed by atoms with Gasteiger partial charge in [0.15, 0.2) is 0 Å². The molecule has 0 aromatic carbocycles. The van der Waals surface area contributed by atoms with Gasteiger partial charge in [-0.3, -0.25) is 4.79 Å². The molecule has 1 atom stereocenters. The topological polar surface area (TPSA) is 101 Å². The first-order valence-corrected chi connectivity index (χ1v) is 6.58. The Balaban J connectivity index is 2.10. The fraction of sp³-hybridized carbons (Fsp3) is 0.429. The Hall–Kier alpha value is -2.30. The zero-order valence-electron chi connectivity index (χ0n) is 11.6. The highest BCUT2D eigenvalue weighted by Gasteiger charge is 2.28. The van der Waals surface area contributed by atoms with E-state index in [1.165, 1.54) is 6.07 Å². The normalized spacial score (nSPS) is 16.3. The maximum atomic E-state index is 12.1. The Morgan fingerprint density at radius 1 is 1.38 bits per heavy atom. The molecule has 7 nitrogen and oxygen atoms in total. The molecule has 1 amide bonds. The monoisotopic (exact) mass is 292 g/mol. The number of fused-ring (bicyclic) bond motifs is 1. The average molecular weight is 292 g/mol. The molecule has 2 heterocycles. The standard InChI is InChI=1S/C14H16N2O5/c1-2-9-8-10(18)21-13-11(9)12(19)15-14(16-13)20-7-5-3-4-6-17/h8,14,16-17H,2,4,6-7H2,1H3,(H,15,19). The van der Waals surface area contributed by atoms with Crippen molar-refractivity contribution < 1.29 is 19.1 Å². The molecule has 112 valence electrons. The van der Waals surface area contributed by atoms with Crippen LogP contribution in [-0.4, -0.2) is 30.6 Å². The number of hydrogen-bond acceptors (Lipinski definition) is 6. The maximum absolute atomic E-state index is 12.1. The van der Waals surface area contributed by atoms with E-state index < -0.39 is 12.0 Å². The molecule has 1 aromatic rings. The number of nitrogens with one attached hydrogen (secondary N) is 2. The van der Waals surface area contributed by atoms with Gasteiger partial charge in [0.2, 0.25) is 12.2 Å². The van der Waals surface area contributed by atoms with Crippen LogP contribution in [-0.2, 0) is 11.2 Å². The SMILES string of the molecule is CCc1cc(=O)oc2c1C(=O)NC(OCC#CCCO)N2. The van der Waals surface area contributed by atoms with Crippen LogP contribution in [0.2, 0.25) is 0 Å². The van der Waals surface area contributed by atoms with Gasteiger partial charge in [-0.05, 0) is 12.0 Å². The Kier molecular flexibility index (Phi) is 4.98. The van der Waals surface area contributed by atoms with Crippen LogP contribution in [0.15, 0.2) is 15.3 Å². The minimum atomic E-state index is -0.816. The average Bonchev–Trinajstić information content (AvgIpc) is 2.45. The quantitative estimate of drug-likeness (QED) is 0.678. The highest BCUT2D eigenvalue weighted by atomic mass is 16.5. The summed E-state index contributed by atoms with van der Waals surface area (Å²) in [5.74, 6) is 5.13. The first-order valence-electron chi connectivity index (χ1n) is 6.58. The number of carbonyl (C=O) groups is 1. The summed E-state index contributed by atoms with van der Waals surface area (Å²) in [6.07, 6.45) is 0.0933. The Bertz CT molecular complexity index is 641. The van der Waals surface area contributed by atoms with E-state index in [-0.39, 0.29) is 25.0 Å². The summed E-state index contributed by atoms with van der Waals surface area (Å²) in [6, 6.07) is 1.31. The number of aliphatic hydroxyl groups is 1. The lowest BCUT2D eigenvalue weighted by molar-refractivity contribution is 0.0535. The van der Waals surface area contributed by atoms with E-state index >= 15 is 0 Å². The second kappa shape index (κ2) is 6.92. The van der Waals surface area contributed by atoms with Crippen molar-refractivity contribution in [3.05, 3.63) is 27.6 Å². The molecular weight excluding hydrogens is 276 g/mol. The molecule has 7 heteroatoms. The summed E-state index contributed by atoms with van der Waals surface area (Å²) in [7, 11) is 0. The lowest BCUT2D eigenvalue weighted by Gasteiger charge is -2.26. The number of carbonyl (C=O) groups excluding carboxylic acids is 1. The van der Waals surface area contributed by atoms with Crippen molar-refractivity contribution in [2.24, 2.45) is 0 Å². The number of ether oxygens (including phenoxy) is 1. The summed E-state index contributed by atoms with van der Waals surface area (Å²) in [5, 5.41) is 14.0. The molecule has 0 bridgehead atoms. The number of rotatable bonds is 4. The molecule has 0 saturated heterocycles. The lowest BCUT2D eigenvalue weighted by atomic mass is 10.1. The largest absolute Gasteiger partial charge is 0.406 e. The molecule has 21 heavy (non-hydrogen) atoms. The summed E-state index contributed by atoms with van der Waals surface area (Å²) in [5.41, 5.74) is 0.421. The van der Waals surface area contributed by atoms with E-state index in [4.69, 9.17) is 14.3 Å². The molecule has 0 fully saturated rings. The number of anilines is 1. The molecule has 2 rings (SSSR count). The third kappa shape index (κ3) is 3.62. The smallest absolute Gasteiger partial charge is 0.337 e. The van der Waals surface area contributed by atoms with E-state index in [1.54, 1.807) is 0 Å². The maximum Gasteiger partial charge on any atom is 0.337 e. The Morgan fingerprint density at radius 3 is 2.90 bits per heavy atom. The van der Waals surface area contributed by atoms with Crippen molar-refractivity contribution in [1.82, 2.24) is 5.32 Å². The predicted molar refractivity (Wildman–Crippen MR) is 74.7 cm³/mol. The van der Waals surface area contributed by atoms with Crippen molar-refractivity contribution in [2.45, 2.75) is 26.1 Å². The van der Waals surface area contributed by atoms with E-state index in [2.05, 4.69) is 22.5 Å². The summed E-state index contributed by atoms with van der Waals surface area (Å²) in [4.78, 5) is 23.5. The number of aliphatic hydroxyl groups excluding tert-OH is 1. The summed E-state index contributed by atoms with van der Waals surface area (Å²) < 4.78 is 10.3. The highest BCUT2D eigenvalue weighted by Crippen LogP contribution is 2.22. The van der Waals surface area contributed by atoms with Crippen LogP contribution in [0.5, 0.6) is 0 Å². The lowest BCUT2D eigenvalue weighted by Crippen LogP contribution is -2.47. The number of hydrogen-bond donors (Lipinski definition) is 3. The molecule has 0 spiro atoms. The van der Waals surface area contributed by atoms with Crippen molar-refractivity contribution in [1.29, 1.82) is 0 Å². The zero-order chi connectivity index (χ0) is 15.2. The van der Waals surface area contributed by atoms with Gasteiger partial charge in [-0.1, -0.05) is 18.8 Å². The predicted octanol–water partition coefficient (Wildman–Crippen LogP) is 0.0435. The fourth-order valence-corrected chi connectivity index (χ4v) is 1.92. The van der Waals surface area contributed by atoms with E-state index in [0.717, 1.165) is 0 Å². The van der Waals surface area contributed by atoms with Crippen LogP contribution in [0.4, 0.5) is 5.88 Å². The third-order valence-electron chi connectivity index (χ3n) is 2.86. The molecule has 1 unspecified atom stereocenters. The van der Waals surface area contributed by atoms with Crippen molar-refractivity contribution in [3.63, 3.8) is 0 Å². The molecule has 0 aliphatic carbocycles. The summed E-state index contributed by atoms with van der Waals surface area (Å²) >= 11 is 0. The minimum Gasteiger partial charge on any atom is -0.406 e. The van der Waals surface area contributed by atoms with E-state index in [9.17, 15) is 9.59 Å². The van der Waals surface area contributed by atoms with Crippen LogP contribution in [0.1, 0.15) is 29.3 Å². The first-order chi connectivity index (χ1) is 10.2. The highest BCUT2D eigenvalue weighted by molar-refractivity contribution is 6.01. The van der Waals surface area contributed by atoms with Gasteiger partial charge >= 0.3 is 5.63 Å². The van der Waals surface area contributed by atoms with Gasteiger partial charge in [-0.25, -0.2) is 4.79 Å². The molecule has 1 aliphatic rings. The van der Waals surface area contributed by atoms with E-state index in [0.29, 0.717) is 24.0 Å². The first kappa shape index (κ1) is 15.1. The van der Waals surface area contributed by atoms with Crippen LogP contribution < -0.4 is 16.3 Å².